The minimum absolute atomic E-state index is 0.176. The average Bonchev–Trinajstić information content (AvgIpc) is 2.57. The van der Waals surface area contributed by atoms with Gasteiger partial charge in [-0.2, -0.15) is 5.26 Å². The van der Waals surface area contributed by atoms with Crippen LogP contribution in [0.4, 0.5) is 8.78 Å². The molecule has 0 saturated heterocycles. The van der Waals surface area contributed by atoms with Crippen LogP contribution in [0, 0.1) is 11.3 Å². The van der Waals surface area contributed by atoms with Gasteiger partial charge in [-0.05, 0) is 30.7 Å². The van der Waals surface area contributed by atoms with Gasteiger partial charge in [0.1, 0.15) is 5.83 Å². The Morgan fingerprint density at radius 3 is 2.17 bits per heavy atom. The highest BCUT2D eigenvalue weighted by molar-refractivity contribution is 6.31. The summed E-state index contributed by atoms with van der Waals surface area (Å²) in [4.78, 5) is 0. The molecule has 0 radical (unpaired) electrons. The Labute approximate surface area is 144 Å². The zero-order valence-electron chi connectivity index (χ0n) is 14.5. The van der Waals surface area contributed by atoms with Gasteiger partial charge in [-0.3, -0.25) is 0 Å². The fourth-order valence-corrected chi connectivity index (χ4v) is 1.23. The van der Waals surface area contributed by atoms with Crippen molar-refractivity contribution in [1.29, 1.82) is 5.26 Å². The molecule has 0 heterocycles. The van der Waals surface area contributed by atoms with Crippen LogP contribution in [0.3, 0.4) is 0 Å². The second-order valence-electron chi connectivity index (χ2n) is 3.39. The Hall–Kier alpha value is -1.92. The monoisotopic (exact) mass is 341 g/mol. The number of nitrogens with zero attached hydrogens (tertiary/aromatic N) is 1. The molecule has 0 aliphatic rings. The van der Waals surface area contributed by atoms with Crippen molar-refractivity contribution in [2.75, 3.05) is 0 Å². The average molecular weight is 342 g/mol. The molecule has 4 heteroatoms. The van der Waals surface area contributed by atoms with Gasteiger partial charge in [-0.25, -0.2) is 8.78 Å². The molecule has 0 bridgehead atoms. The van der Waals surface area contributed by atoms with Crippen LogP contribution in [-0.2, 0) is 0 Å². The second-order valence-corrected chi connectivity index (χ2v) is 3.82. The first-order valence-electron chi connectivity index (χ1n) is 7.52. The zero-order valence-corrected chi connectivity index (χ0v) is 15.3. The second kappa shape index (κ2) is 20.1. The van der Waals surface area contributed by atoms with E-state index in [-0.39, 0.29) is 16.2 Å². The highest BCUT2D eigenvalue weighted by Gasteiger charge is 1.99. The fraction of sp³-hybridized carbons (Fsp3) is 0.316. The van der Waals surface area contributed by atoms with Crippen LogP contribution in [0.2, 0.25) is 0 Å². The summed E-state index contributed by atoms with van der Waals surface area (Å²) in [6.45, 7) is 13.0. The van der Waals surface area contributed by atoms with Gasteiger partial charge in [0.05, 0.1) is 18.0 Å². The summed E-state index contributed by atoms with van der Waals surface area (Å²) in [6.07, 6.45) is 9.34. The van der Waals surface area contributed by atoms with Gasteiger partial charge >= 0.3 is 0 Å². The smallest absolute Gasteiger partial charge is 0.122 e. The summed E-state index contributed by atoms with van der Waals surface area (Å²) >= 11 is 5.61. The number of hydrogen-bond donors (Lipinski definition) is 0. The first-order valence-corrected chi connectivity index (χ1v) is 7.90. The van der Waals surface area contributed by atoms with Crippen LogP contribution in [0.5, 0.6) is 0 Å². The van der Waals surface area contributed by atoms with Gasteiger partial charge in [0.15, 0.2) is 0 Å². The maximum absolute atomic E-state index is 13.1. The summed E-state index contributed by atoms with van der Waals surface area (Å²) in [5.74, 6) is -0.600. The molecular formula is C19H26ClF2N. The van der Waals surface area contributed by atoms with Crippen molar-refractivity contribution >= 4 is 11.6 Å². The summed E-state index contributed by atoms with van der Waals surface area (Å²) in [5.41, 5.74) is 0.505. The van der Waals surface area contributed by atoms with E-state index in [0.717, 1.165) is 6.08 Å². The molecule has 1 nitrogen and oxygen atoms in total. The lowest BCUT2D eigenvalue weighted by atomic mass is 10.1. The molecule has 0 spiro atoms. The van der Waals surface area contributed by atoms with E-state index in [0.29, 0.717) is 12.8 Å². The molecule has 0 unspecified atom stereocenters. The third kappa shape index (κ3) is 16.3. The summed E-state index contributed by atoms with van der Waals surface area (Å²) in [5, 5.41) is 9.09. The van der Waals surface area contributed by atoms with Crippen molar-refractivity contribution in [2.45, 2.75) is 41.0 Å². The minimum Gasteiger partial charge on any atom is -0.215 e. The molecule has 0 aliphatic carbocycles. The SMILES string of the molecule is C=C(F)C(/C=C(C#N)/C=C/C=C(Cl)\C=C\F)=C\CC.CC.CC. The Bertz CT molecular complexity index is 504. The van der Waals surface area contributed by atoms with Crippen molar-refractivity contribution in [2.24, 2.45) is 0 Å². The maximum Gasteiger partial charge on any atom is 0.122 e. The summed E-state index contributed by atoms with van der Waals surface area (Å²) in [7, 11) is 0. The number of rotatable bonds is 6. The van der Waals surface area contributed by atoms with Crippen LogP contribution >= 0.6 is 11.6 Å². The molecule has 0 aromatic heterocycles. The van der Waals surface area contributed by atoms with E-state index in [1.54, 1.807) is 6.08 Å². The molecule has 0 N–H and O–H groups in total. The van der Waals surface area contributed by atoms with Crippen molar-refractivity contribution < 1.29 is 8.78 Å². The van der Waals surface area contributed by atoms with E-state index in [2.05, 4.69) is 6.58 Å². The van der Waals surface area contributed by atoms with Gasteiger partial charge in [-0.1, -0.05) is 65.0 Å². The largest absolute Gasteiger partial charge is 0.215 e. The molecular weight excluding hydrogens is 316 g/mol. The van der Waals surface area contributed by atoms with Crippen LogP contribution in [0.25, 0.3) is 0 Å². The van der Waals surface area contributed by atoms with Crippen LogP contribution in [0.15, 0.2) is 71.4 Å². The molecule has 23 heavy (non-hydrogen) atoms. The van der Waals surface area contributed by atoms with E-state index in [4.69, 9.17) is 16.9 Å². The van der Waals surface area contributed by atoms with E-state index < -0.39 is 5.83 Å². The van der Waals surface area contributed by atoms with Crippen LogP contribution in [0.1, 0.15) is 41.0 Å². The lowest BCUT2D eigenvalue weighted by molar-refractivity contribution is 0.660. The van der Waals surface area contributed by atoms with E-state index in [1.807, 2.05) is 40.7 Å². The molecule has 0 amide bonds. The molecule has 0 saturated carbocycles. The highest BCUT2D eigenvalue weighted by atomic mass is 35.5. The number of hydrogen-bond acceptors (Lipinski definition) is 1. The fourth-order valence-electron chi connectivity index (χ4n) is 1.11. The Balaban J connectivity index is -0.000000919. The summed E-state index contributed by atoms with van der Waals surface area (Å²) < 4.78 is 24.9. The topological polar surface area (TPSA) is 23.8 Å². The lowest BCUT2D eigenvalue weighted by Gasteiger charge is -1.97. The first kappa shape index (κ1) is 26.0. The zero-order chi connectivity index (χ0) is 18.7. The van der Waals surface area contributed by atoms with Gasteiger partial charge in [0.25, 0.3) is 0 Å². The Morgan fingerprint density at radius 2 is 1.78 bits per heavy atom. The predicted octanol–water partition coefficient (Wildman–Crippen LogP) is 7.47. The molecule has 0 fully saturated rings. The van der Waals surface area contributed by atoms with Gasteiger partial charge in [0.2, 0.25) is 0 Å². The van der Waals surface area contributed by atoms with Crippen LogP contribution < -0.4 is 0 Å². The molecule has 0 atom stereocenters. The number of allylic oxidation sites excluding steroid dienone is 10. The number of halogens is 3. The minimum atomic E-state index is -0.600. The first-order chi connectivity index (χ1) is 11.0. The third-order valence-corrected chi connectivity index (χ3v) is 2.18. The maximum atomic E-state index is 13.1. The van der Waals surface area contributed by atoms with E-state index in [9.17, 15) is 8.78 Å². The molecule has 0 aromatic carbocycles. The van der Waals surface area contributed by atoms with Gasteiger partial charge in [0, 0.05) is 10.6 Å². The molecule has 0 rings (SSSR count). The van der Waals surface area contributed by atoms with Crippen molar-refractivity contribution in [3.63, 3.8) is 0 Å². The van der Waals surface area contributed by atoms with Crippen LogP contribution in [-0.4, -0.2) is 0 Å². The lowest BCUT2D eigenvalue weighted by Crippen LogP contribution is -1.81. The van der Waals surface area contributed by atoms with E-state index >= 15 is 0 Å². The van der Waals surface area contributed by atoms with Gasteiger partial charge < -0.3 is 0 Å². The Morgan fingerprint density at radius 1 is 1.22 bits per heavy atom. The quantitative estimate of drug-likeness (QED) is 0.363. The molecule has 0 aliphatic heterocycles. The van der Waals surface area contributed by atoms with Crippen molar-refractivity contribution in [3.05, 3.63) is 71.4 Å². The normalized spacial score (nSPS) is 12.2. The van der Waals surface area contributed by atoms with Crippen molar-refractivity contribution in [1.82, 2.24) is 0 Å². The van der Waals surface area contributed by atoms with E-state index in [1.165, 1.54) is 24.3 Å². The summed E-state index contributed by atoms with van der Waals surface area (Å²) in [6, 6.07) is 1.91. The standard InChI is InChI=1S/C15H14ClF2N.2C2H6/c1-3-5-14(12(2)18)10-13(11-19)6-4-7-15(16)8-9-17;2*1-2/h4-10H,2-3H2,1H3;2*1-2H3/b6-4+,9-8+,13-10-,14-5-,15-7+;;. The highest BCUT2D eigenvalue weighted by Crippen LogP contribution is 2.15. The molecule has 0 aromatic rings. The Kier molecular flexibility index (Phi) is 22.7. The third-order valence-electron chi connectivity index (χ3n) is 1.93. The molecule has 128 valence electrons. The van der Waals surface area contributed by atoms with Gasteiger partial charge in [-0.15, -0.1) is 0 Å². The van der Waals surface area contributed by atoms with Crippen molar-refractivity contribution in [3.8, 4) is 6.07 Å². The predicted molar refractivity (Wildman–Crippen MR) is 98.3 cm³/mol. The number of nitriles is 1.